The maximum atomic E-state index is 4.63. The highest BCUT2D eigenvalue weighted by Gasteiger charge is 2.18. The van der Waals surface area contributed by atoms with Crippen LogP contribution in [0.1, 0.15) is 11.1 Å². The second kappa shape index (κ2) is 6.05. The molecule has 2 aliphatic heterocycles. The first-order valence-electron chi connectivity index (χ1n) is 7.75. The lowest BCUT2D eigenvalue weighted by molar-refractivity contribution is 0.874. The molecule has 0 atom stereocenters. The van der Waals surface area contributed by atoms with E-state index in [1.807, 2.05) is 11.8 Å². The summed E-state index contributed by atoms with van der Waals surface area (Å²) in [6.45, 7) is 3.00. The van der Waals surface area contributed by atoms with E-state index in [0.717, 1.165) is 30.6 Å². The fourth-order valence-electron chi connectivity index (χ4n) is 3.06. The molecule has 0 unspecified atom stereocenters. The molecule has 22 heavy (non-hydrogen) atoms. The van der Waals surface area contributed by atoms with E-state index < -0.39 is 0 Å². The van der Waals surface area contributed by atoms with E-state index in [9.17, 15) is 0 Å². The minimum atomic E-state index is 0.790. The standard InChI is InChI=1S/C18H19N3S/c1-3-7-16-15(6-1)13-19-18(20-16)22-12-11-21-10-9-14-5-2-4-8-17(14)21/h1-8H,9-13H2,(H,19,20). The molecule has 0 amide bonds. The van der Waals surface area contributed by atoms with Gasteiger partial charge in [0.15, 0.2) is 5.17 Å². The molecule has 112 valence electrons. The third kappa shape index (κ3) is 2.71. The molecular formula is C18H19N3S. The highest BCUT2D eigenvalue weighted by atomic mass is 32.2. The summed E-state index contributed by atoms with van der Waals surface area (Å²) in [5.41, 5.74) is 5.37. The Bertz CT molecular complexity index is 711. The van der Waals surface area contributed by atoms with Crippen molar-refractivity contribution in [1.29, 1.82) is 0 Å². The summed E-state index contributed by atoms with van der Waals surface area (Å²) >= 11 is 1.82. The van der Waals surface area contributed by atoms with Gasteiger partial charge in [-0.25, -0.2) is 0 Å². The van der Waals surface area contributed by atoms with Gasteiger partial charge in [-0.15, -0.1) is 0 Å². The quantitative estimate of drug-likeness (QED) is 0.935. The number of hydrogen-bond donors (Lipinski definition) is 1. The summed E-state index contributed by atoms with van der Waals surface area (Å²) in [4.78, 5) is 7.11. The Morgan fingerprint density at radius 1 is 1.05 bits per heavy atom. The molecule has 0 aromatic heterocycles. The molecule has 0 bridgehead atoms. The molecule has 0 aliphatic carbocycles. The lowest BCUT2D eigenvalue weighted by Gasteiger charge is -2.21. The van der Waals surface area contributed by atoms with Crippen LogP contribution in [0.25, 0.3) is 0 Å². The van der Waals surface area contributed by atoms with E-state index in [4.69, 9.17) is 0 Å². The summed E-state index contributed by atoms with van der Waals surface area (Å²) in [7, 11) is 0. The van der Waals surface area contributed by atoms with Gasteiger partial charge in [-0.05, 0) is 29.7 Å². The van der Waals surface area contributed by atoms with Crippen molar-refractivity contribution in [3.05, 3.63) is 59.7 Å². The van der Waals surface area contributed by atoms with Crippen LogP contribution in [0.2, 0.25) is 0 Å². The van der Waals surface area contributed by atoms with E-state index in [1.165, 1.54) is 28.9 Å². The number of para-hydroxylation sites is 2. The predicted octanol–water partition coefficient (Wildman–Crippen LogP) is 3.76. The van der Waals surface area contributed by atoms with Gasteiger partial charge in [0.1, 0.15) is 0 Å². The first-order valence-corrected chi connectivity index (χ1v) is 8.74. The van der Waals surface area contributed by atoms with Crippen molar-refractivity contribution < 1.29 is 0 Å². The smallest absolute Gasteiger partial charge is 0.161 e. The van der Waals surface area contributed by atoms with Gasteiger partial charge in [-0.3, -0.25) is 4.99 Å². The molecule has 0 spiro atoms. The second-order valence-electron chi connectivity index (χ2n) is 5.62. The van der Waals surface area contributed by atoms with Crippen molar-refractivity contribution in [2.24, 2.45) is 4.99 Å². The number of nitrogens with zero attached hydrogens (tertiary/aromatic N) is 2. The topological polar surface area (TPSA) is 27.6 Å². The van der Waals surface area contributed by atoms with Crippen LogP contribution in [0.15, 0.2) is 53.5 Å². The van der Waals surface area contributed by atoms with Crippen LogP contribution in [-0.4, -0.2) is 24.0 Å². The molecule has 1 N–H and O–H groups in total. The Labute approximate surface area is 135 Å². The highest BCUT2D eigenvalue weighted by Crippen LogP contribution is 2.28. The molecule has 0 fully saturated rings. The summed E-state index contributed by atoms with van der Waals surface area (Å²) in [6.07, 6.45) is 1.17. The SMILES string of the molecule is c1ccc2c(c1)CN=C(SCCN1CCc3ccccc31)N2. The van der Waals surface area contributed by atoms with E-state index in [1.54, 1.807) is 0 Å². The zero-order valence-corrected chi connectivity index (χ0v) is 13.3. The van der Waals surface area contributed by atoms with Crippen LogP contribution in [0, 0.1) is 0 Å². The Morgan fingerprint density at radius 2 is 1.86 bits per heavy atom. The maximum absolute atomic E-state index is 4.63. The van der Waals surface area contributed by atoms with Crippen LogP contribution in [0.4, 0.5) is 11.4 Å². The Kier molecular flexibility index (Phi) is 3.77. The van der Waals surface area contributed by atoms with Crippen molar-refractivity contribution >= 4 is 28.3 Å². The fraction of sp³-hybridized carbons (Fsp3) is 0.278. The number of hydrogen-bond acceptors (Lipinski definition) is 4. The minimum absolute atomic E-state index is 0.790. The first kappa shape index (κ1) is 13.7. The second-order valence-corrected chi connectivity index (χ2v) is 6.70. The number of aliphatic imine (C=N–C) groups is 1. The normalized spacial score (nSPS) is 15.8. The lowest BCUT2D eigenvalue weighted by Crippen LogP contribution is -2.24. The van der Waals surface area contributed by atoms with Crippen LogP contribution in [-0.2, 0) is 13.0 Å². The van der Waals surface area contributed by atoms with E-state index in [-0.39, 0.29) is 0 Å². The molecule has 3 nitrogen and oxygen atoms in total. The molecule has 4 heteroatoms. The van der Waals surface area contributed by atoms with Crippen molar-refractivity contribution in [2.75, 3.05) is 29.1 Å². The molecule has 2 aromatic carbocycles. The number of thioether (sulfide) groups is 1. The Morgan fingerprint density at radius 3 is 2.82 bits per heavy atom. The molecule has 0 saturated heterocycles. The number of benzene rings is 2. The van der Waals surface area contributed by atoms with Crippen molar-refractivity contribution in [1.82, 2.24) is 0 Å². The third-order valence-electron chi connectivity index (χ3n) is 4.24. The molecule has 2 heterocycles. The van der Waals surface area contributed by atoms with Crippen molar-refractivity contribution in [3.63, 3.8) is 0 Å². The Hall–Kier alpha value is -1.94. The van der Waals surface area contributed by atoms with Gasteiger partial charge in [0.2, 0.25) is 0 Å². The van der Waals surface area contributed by atoms with E-state index in [2.05, 4.69) is 63.7 Å². The van der Waals surface area contributed by atoms with Crippen molar-refractivity contribution in [3.8, 4) is 0 Å². The zero-order valence-electron chi connectivity index (χ0n) is 12.5. The van der Waals surface area contributed by atoms with E-state index in [0.29, 0.717) is 0 Å². The maximum Gasteiger partial charge on any atom is 0.161 e. The molecule has 0 radical (unpaired) electrons. The third-order valence-corrected chi connectivity index (χ3v) is 5.13. The summed E-state index contributed by atoms with van der Waals surface area (Å²) in [6, 6.07) is 17.1. The first-order chi connectivity index (χ1) is 10.9. The average Bonchev–Trinajstić information content (AvgIpc) is 2.98. The molecular weight excluding hydrogens is 290 g/mol. The molecule has 2 aromatic rings. The van der Waals surface area contributed by atoms with Gasteiger partial charge < -0.3 is 10.2 Å². The van der Waals surface area contributed by atoms with Gasteiger partial charge in [-0.2, -0.15) is 0 Å². The lowest BCUT2D eigenvalue weighted by atomic mass is 10.1. The van der Waals surface area contributed by atoms with Crippen molar-refractivity contribution in [2.45, 2.75) is 13.0 Å². The van der Waals surface area contributed by atoms with Gasteiger partial charge in [-0.1, -0.05) is 48.2 Å². The van der Waals surface area contributed by atoms with Gasteiger partial charge in [0.25, 0.3) is 0 Å². The van der Waals surface area contributed by atoms with Crippen LogP contribution in [0.3, 0.4) is 0 Å². The van der Waals surface area contributed by atoms with Crippen LogP contribution < -0.4 is 10.2 Å². The summed E-state index contributed by atoms with van der Waals surface area (Å²) in [5.74, 6) is 1.06. The molecule has 0 saturated carbocycles. The summed E-state index contributed by atoms with van der Waals surface area (Å²) < 4.78 is 0. The van der Waals surface area contributed by atoms with Crippen LogP contribution in [0.5, 0.6) is 0 Å². The van der Waals surface area contributed by atoms with Gasteiger partial charge in [0.05, 0.1) is 6.54 Å². The fourth-order valence-corrected chi connectivity index (χ4v) is 3.91. The number of anilines is 2. The molecule has 4 rings (SSSR count). The monoisotopic (exact) mass is 309 g/mol. The van der Waals surface area contributed by atoms with Gasteiger partial charge >= 0.3 is 0 Å². The summed E-state index contributed by atoms with van der Waals surface area (Å²) in [5, 5.41) is 4.48. The minimum Gasteiger partial charge on any atom is -0.370 e. The highest BCUT2D eigenvalue weighted by molar-refractivity contribution is 8.14. The number of nitrogens with one attached hydrogen (secondary N) is 1. The average molecular weight is 309 g/mol. The predicted molar refractivity (Wildman–Crippen MR) is 96.0 cm³/mol. The number of rotatable bonds is 3. The molecule has 2 aliphatic rings. The largest absolute Gasteiger partial charge is 0.370 e. The van der Waals surface area contributed by atoms with Gasteiger partial charge in [0, 0.05) is 30.2 Å². The van der Waals surface area contributed by atoms with Crippen LogP contribution >= 0.6 is 11.8 Å². The zero-order chi connectivity index (χ0) is 14.8. The number of amidine groups is 1. The van der Waals surface area contributed by atoms with E-state index >= 15 is 0 Å². The number of fused-ring (bicyclic) bond motifs is 2. The Balaban J connectivity index is 1.33.